The minimum Gasteiger partial charge on any atom is -0.345 e. The van der Waals surface area contributed by atoms with Crippen molar-refractivity contribution in [2.24, 2.45) is 5.73 Å². The first kappa shape index (κ1) is 21.7. The average Bonchev–Trinajstić information content (AvgIpc) is 3.26. The highest BCUT2D eigenvalue weighted by Gasteiger charge is 2.33. The summed E-state index contributed by atoms with van der Waals surface area (Å²) >= 11 is 12.7. The van der Waals surface area contributed by atoms with Crippen LogP contribution in [0.15, 0.2) is 54.7 Å². The maximum absolute atomic E-state index is 11.4. The van der Waals surface area contributed by atoms with Gasteiger partial charge in [-0.2, -0.15) is 9.97 Å². The lowest BCUT2D eigenvalue weighted by atomic mass is 9.82. The molecule has 2 aromatic heterocycles. The molecule has 168 valence electrons. The molecule has 3 heterocycles. The number of anilines is 2. The average molecular weight is 481 g/mol. The summed E-state index contributed by atoms with van der Waals surface area (Å²) in [5.41, 5.74) is 9.58. The van der Waals surface area contributed by atoms with Crippen molar-refractivity contribution in [1.82, 2.24) is 15.0 Å². The second kappa shape index (κ2) is 8.67. The van der Waals surface area contributed by atoms with E-state index in [9.17, 15) is 4.79 Å². The van der Waals surface area contributed by atoms with Gasteiger partial charge in [-0.05, 0) is 24.5 Å². The van der Waals surface area contributed by atoms with Crippen LogP contribution in [0.25, 0.3) is 22.2 Å². The molecule has 1 fully saturated rings. The normalized spacial score (nSPS) is 15.5. The number of nitrogens with two attached hydrogens (primary N) is 1. The summed E-state index contributed by atoms with van der Waals surface area (Å²) in [7, 11) is 0. The molecule has 4 aromatic rings. The lowest BCUT2D eigenvalue weighted by Gasteiger charge is -2.39. The zero-order valence-electron chi connectivity index (χ0n) is 17.7. The molecule has 7 nitrogen and oxygen atoms in total. The topological polar surface area (TPSA) is 99.9 Å². The maximum Gasteiger partial charge on any atom is 0.229 e. The fraction of sp³-hybridized carbons (Fsp3) is 0.208. The first-order valence-electron chi connectivity index (χ1n) is 10.6. The van der Waals surface area contributed by atoms with Crippen molar-refractivity contribution in [3.63, 3.8) is 0 Å². The molecule has 0 bridgehead atoms. The van der Waals surface area contributed by atoms with Crippen LogP contribution >= 0.6 is 23.2 Å². The van der Waals surface area contributed by atoms with Gasteiger partial charge in [0.25, 0.3) is 0 Å². The van der Waals surface area contributed by atoms with Gasteiger partial charge >= 0.3 is 0 Å². The predicted octanol–water partition coefficient (Wildman–Crippen LogP) is 4.95. The Bertz CT molecular complexity index is 1320. The van der Waals surface area contributed by atoms with E-state index in [0.29, 0.717) is 52.3 Å². The number of hydrogen-bond acceptors (Lipinski definition) is 5. The lowest BCUT2D eigenvalue weighted by Crippen LogP contribution is -2.48. The van der Waals surface area contributed by atoms with Gasteiger partial charge in [0.05, 0.1) is 15.4 Å². The van der Waals surface area contributed by atoms with Crippen molar-refractivity contribution in [2.45, 2.75) is 18.4 Å². The highest BCUT2D eigenvalue weighted by atomic mass is 35.5. The van der Waals surface area contributed by atoms with Gasteiger partial charge in [-0.15, -0.1) is 0 Å². The molecule has 1 saturated heterocycles. The van der Waals surface area contributed by atoms with E-state index in [-0.39, 0.29) is 5.54 Å². The zero-order valence-corrected chi connectivity index (χ0v) is 19.2. The minimum atomic E-state index is -0.380. The number of carbonyl (C=O) groups is 1. The van der Waals surface area contributed by atoms with Crippen molar-refractivity contribution in [3.05, 3.63) is 70.3 Å². The van der Waals surface area contributed by atoms with Gasteiger partial charge in [-0.3, -0.25) is 4.79 Å². The Morgan fingerprint density at radius 2 is 1.79 bits per heavy atom. The number of halogens is 2. The van der Waals surface area contributed by atoms with Crippen LogP contribution in [0.5, 0.6) is 0 Å². The molecule has 4 N–H and O–H groups in total. The zero-order chi connectivity index (χ0) is 23.0. The number of rotatable bonds is 5. The fourth-order valence-electron chi connectivity index (χ4n) is 4.41. The van der Waals surface area contributed by atoms with Crippen molar-refractivity contribution in [1.29, 1.82) is 0 Å². The third kappa shape index (κ3) is 3.93. The molecule has 0 unspecified atom stereocenters. The summed E-state index contributed by atoms with van der Waals surface area (Å²) in [6, 6.07) is 15.6. The van der Waals surface area contributed by atoms with Gasteiger partial charge in [0.1, 0.15) is 11.5 Å². The number of H-pyrrole nitrogens is 1. The molecule has 5 rings (SSSR count). The Labute approximate surface area is 200 Å². The minimum absolute atomic E-state index is 0.380. The summed E-state index contributed by atoms with van der Waals surface area (Å²) in [5, 5.41) is 4.27. The van der Waals surface area contributed by atoms with E-state index < -0.39 is 0 Å². The molecule has 33 heavy (non-hydrogen) atoms. The second-order valence-corrected chi connectivity index (χ2v) is 8.96. The Kier molecular flexibility index (Phi) is 5.70. The lowest BCUT2D eigenvalue weighted by molar-refractivity contribution is -0.105. The van der Waals surface area contributed by atoms with Gasteiger partial charge in [-0.1, -0.05) is 65.7 Å². The van der Waals surface area contributed by atoms with E-state index in [1.807, 2.05) is 30.3 Å². The van der Waals surface area contributed by atoms with Crippen LogP contribution in [0, 0.1) is 0 Å². The number of nitrogens with zero attached hydrogens (tertiary/aromatic N) is 3. The largest absolute Gasteiger partial charge is 0.345 e. The first-order valence-corrected chi connectivity index (χ1v) is 11.4. The molecular weight excluding hydrogens is 459 g/mol. The molecule has 0 atom stereocenters. The van der Waals surface area contributed by atoms with Crippen LogP contribution in [0.4, 0.5) is 11.8 Å². The molecule has 1 amide bonds. The van der Waals surface area contributed by atoms with Crippen LogP contribution in [0.3, 0.4) is 0 Å². The van der Waals surface area contributed by atoms with Crippen LogP contribution < -0.4 is 16.0 Å². The second-order valence-electron chi connectivity index (χ2n) is 8.17. The summed E-state index contributed by atoms with van der Waals surface area (Å²) in [6.45, 7) is 1.40. The van der Waals surface area contributed by atoms with Crippen LogP contribution in [0.2, 0.25) is 10.0 Å². The number of amides is 1. The van der Waals surface area contributed by atoms with E-state index in [4.69, 9.17) is 33.9 Å². The van der Waals surface area contributed by atoms with E-state index in [2.05, 4.69) is 32.3 Å². The summed E-state index contributed by atoms with van der Waals surface area (Å²) in [5.74, 6) is 0.942. The monoisotopic (exact) mass is 480 g/mol. The SMILES string of the molecule is NC1(c2ccccc2)CCN(c2nc(NC=O)c3c(-c4cccc(Cl)c4Cl)c[nH]c3n2)CC1. The third-order valence-electron chi connectivity index (χ3n) is 6.24. The van der Waals surface area contributed by atoms with Crippen molar-refractivity contribution < 1.29 is 4.79 Å². The number of benzene rings is 2. The van der Waals surface area contributed by atoms with Crippen molar-refractivity contribution in [3.8, 4) is 11.1 Å². The number of aromatic nitrogens is 3. The highest BCUT2D eigenvalue weighted by molar-refractivity contribution is 6.44. The number of piperidine rings is 1. The summed E-state index contributed by atoms with van der Waals surface area (Å²) in [6.07, 6.45) is 3.94. The quantitative estimate of drug-likeness (QED) is 0.350. The van der Waals surface area contributed by atoms with Gasteiger partial charge in [0.15, 0.2) is 0 Å². The number of nitrogens with one attached hydrogen (secondary N) is 2. The van der Waals surface area contributed by atoms with E-state index in [0.717, 1.165) is 29.5 Å². The molecule has 0 spiro atoms. The molecule has 2 aromatic carbocycles. The smallest absolute Gasteiger partial charge is 0.229 e. The first-order chi connectivity index (χ1) is 16.0. The van der Waals surface area contributed by atoms with Gasteiger partial charge in [-0.25, -0.2) is 0 Å². The molecule has 0 saturated carbocycles. The van der Waals surface area contributed by atoms with Crippen molar-refractivity contribution in [2.75, 3.05) is 23.3 Å². The predicted molar refractivity (Wildman–Crippen MR) is 133 cm³/mol. The van der Waals surface area contributed by atoms with Gasteiger partial charge in [0, 0.05) is 36.0 Å². The van der Waals surface area contributed by atoms with Crippen LogP contribution in [-0.2, 0) is 10.3 Å². The van der Waals surface area contributed by atoms with E-state index in [1.54, 1.807) is 12.3 Å². The highest BCUT2D eigenvalue weighted by Crippen LogP contribution is 2.40. The van der Waals surface area contributed by atoms with Crippen LogP contribution in [0.1, 0.15) is 18.4 Å². The Balaban J connectivity index is 1.50. The van der Waals surface area contributed by atoms with Gasteiger partial charge in [0.2, 0.25) is 12.4 Å². The molecule has 1 aliphatic rings. The molecule has 9 heteroatoms. The summed E-state index contributed by atoms with van der Waals surface area (Å²) < 4.78 is 0. The molecule has 1 aliphatic heterocycles. The maximum atomic E-state index is 11.4. The Hall–Kier alpha value is -3.13. The van der Waals surface area contributed by atoms with Gasteiger partial charge < -0.3 is 20.9 Å². The fourth-order valence-corrected chi connectivity index (χ4v) is 4.81. The van der Waals surface area contributed by atoms with E-state index >= 15 is 0 Å². The number of carbonyl (C=O) groups excluding carboxylic acids is 1. The molecular formula is C24H22Cl2N6O. The van der Waals surface area contributed by atoms with Crippen LogP contribution in [-0.4, -0.2) is 34.5 Å². The van der Waals surface area contributed by atoms with E-state index in [1.165, 1.54) is 0 Å². The standard InChI is InChI=1S/C24H22Cl2N6O/c25-18-8-4-7-16(20(18)26)17-13-28-21-19(17)22(29-14-33)31-23(30-21)32-11-9-24(27,10-12-32)15-5-2-1-3-6-15/h1-8,13-14H,9-12,27H2,(H2,28,29,30,31,33). The molecule has 0 aliphatic carbocycles. The molecule has 0 radical (unpaired) electrons. The number of fused-ring (bicyclic) bond motifs is 1. The number of hydrogen-bond donors (Lipinski definition) is 3. The Morgan fingerprint density at radius 3 is 2.52 bits per heavy atom. The number of aromatic amines is 1. The van der Waals surface area contributed by atoms with Crippen molar-refractivity contribution >= 4 is 52.4 Å². The third-order valence-corrected chi connectivity index (χ3v) is 7.06. The Morgan fingerprint density at radius 1 is 1.03 bits per heavy atom. The summed E-state index contributed by atoms with van der Waals surface area (Å²) in [4.78, 5) is 26.1.